The van der Waals surface area contributed by atoms with E-state index in [1.54, 1.807) is 18.3 Å². The van der Waals surface area contributed by atoms with Gasteiger partial charge in [-0.1, -0.05) is 6.92 Å². The Hall–Kier alpha value is -1.95. The van der Waals surface area contributed by atoms with E-state index in [9.17, 15) is 4.79 Å². The van der Waals surface area contributed by atoms with Crippen LogP contribution in [0.4, 0.5) is 0 Å². The number of hydrogen-bond donors (Lipinski definition) is 1. The minimum atomic E-state index is -0.940. The van der Waals surface area contributed by atoms with Crippen molar-refractivity contribution in [3.05, 3.63) is 29.7 Å². The highest BCUT2D eigenvalue weighted by Gasteiger charge is 2.24. The van der Waals surface area contributed by atoms with Crippen LogP contribution in [0.5, 0.6) is 0 Å². The number of pyridine rings is 1. The number of aromatic nitrogens is 3. The van der Waals surface area contributed by atoms with Gasteiger partial charge in [-0.2, -0.15) is 0 Å². The molecule has 1 aliphatic rings. The normalized spacial score (nSPS) is 19.8. The van der Waals surface area contributed by atoms with Crippen LogP contribution >= 0.6 is 0 Å². The Morgan fingerprint density at radius 1 is 1.50 bits per heavy atom. The zero-order valence-electron chi connectivity index (χ0n) is 11.5. The molecule has 3 rings (SSSR count). The molecule has 1 aliphatic heterocycles. The highest BCUT2D eigenvalue weighted by atomic mass is 16.4. The molecule has 3 heterocycles. The summed E-state index contributed by atoms with van der Waals surface area (Å²) in [4.78, 5) is 13.4. The Kier molecular flexibility index (Phi) is 3.40. The minimum absolute atomic E-state index is 0.243. The molecule has 20 heavy (non-hydrogen) atoms. The summed E-state index contributed by atoms with van der Waals surface area (Å²) in [5.74, 6) is -0.0349. The predicted octanol–water partition coefficient (Wildman–Crippen LogP) is 1.45. The SMILES string of the molecule is CCN1CCCC1Cc1nnc2cc(C(=O)O)ccn12. The number of nitrogens with zero attached hydrogens (tertiary/aromatic N) is 4. The highest BCUT2D eigenvalue weighted by Crippen LogP contribution is 2.20. The zero-order chi connectivity index (χ0) is 14.1. The van der Waals surface area contributed by atoms with Crippen molar-refractivity contribution in [2.24, 2.45) is 0 Å². The molecule has 0 saturated carbocycles. The number of carbonyl (C=O) groups is 1. The molecule has 0 aromatic carbocycles. The number of carboxylic acid groups (broad SMARTS) is 1. The van der Waals surface area contributed by atoms with Crippen molar-refractivity contribution in [3.63, 3.8) is 0 Å². The third kappa shape index (κ3) is 2.27. The number of hydrogen-bond acceptors (Lipinski definition) is 4. The number of rotatable bonds is 4. The van der Waals surface area contributed by atoms with E-state index in [0.717, 1.165) is 25.3 Å². The van der Waals surface area contributed by atoms with Gasteiger partial charge in [0.05, 0.1) is 5.56 Å². The lowest BCUT2D eigenvalue weighted by Gasteiger charge is -2.21. The molecule has 2 aromatic rings. The summed E-state index contributed by atoms with van der Waals surface area (Å²) >= 11 is 0. The molecule has 1 N–H and O–H groups in total. The first-order chi connectivity index (χ1) is 9.69. The van der Waals surface area contributed by atoms with Gasteiger partial charge in [-0.25, -0.2) is 4.79 Å². The summed E-state index contributed by atoms with van der Waals surface area (Å²) in [6.45, 7) is 4.39. The second kappa shape index (κ2) is 5.20. The zero-order valence-corrected chi connectivity index (χ0v) is 11.5. The van der Waals surface area contributed by atoms with Crippen LogP contribution in [-0.2, 0) is 6.42 Å². The van der Waals surface area contributed by atoms with Crippen molar-refractivity contribution in [1.29, 1.82) is 0 Å². The van der Waals surface area contributed by atoms with Crippen molar-refractivity contribution >= 4 is 11.6 Å². The molecular formula is C14H18N4O2. The molecule has 6 nitrogen and oxygen atoms in total. The largest absolute Gasteiger partial charge is 0.478 e. The van der Waals surface area contributed by atoms with Gasteiger partial charge in [0.2, 0.25) is 0 Å². The van der Waals surface area contributed by atoms with Gasteiger partial charge in [0.1, 0.15) is 5.82 Å². The first-order valence-corrected chi connectivity index (χ1v) is 7.00. The molecule has 1 saturated heterocycles. The molecule has 106 valence electrons. The summed E-state index contributed by atoms with van der Waals surface area (Å²) in [6, 6.07) is 3.67. The molecule has 0 radical (unpaired) electrons. The maximum atomic E-state index is 10.9. The van der Waals surface area contributed by atoms with Crippen molar-refractivity contribution in [2.45, 2.75) is 32.2 Å². The number of fused-ring (bicyclic) bond motifs is 1. The van der Waals surface area contributed by atoms with E-state index >= 15 is 0 Å². The van der Waals surface area contributed by atoms with Crippen molar-refractivity contribution < 1.29 is 9.90 Å². The molecule has 0 bridgehead atoms. The molecule has 1 unspecified atom stereocenters. The average molecular weight is 274 g/mol. The van der Waals surface area contributed by atoms with E-state index in [2.05, 4.69) is 22.0 Å². The molecule has 0 amide bonds. The van der Waals surface area contributed by atoms with E-state index in [1.165, 1.54) is 12.8 Å². The van der Waals surface area contributed by atoms with E-state index in [-0.39, 0.29) is 5.56 Å². The van der Waals surface area contributed by atoms with Crippen LogP contribution in [0.15, 0.2) is 18.3 Å². The first kappa shape index (κ1) is 13.1. The monoisotopic (exact) mass is 274 g/mol. The summed E-state index contributed by atoms with van der Waals surface area (Å²) in [7, 11) is 0. The van der Waals surface area contributed by atoms with Gasteiger partial charge in [-0.3, -0.25) is 4.40 Å². The van der Waals surface area contributed by atoms with Gasteiger partial charge < -0.3 is 10.0 Å². The lowest BCUT2D eigenvalue weighted by Crippen LogP contribution is -2.31. The van der Waals surface area contributed by atoms with Crippen molar-refractivity contribution in [1.82, 2.24) is 19.5 Å². The quantitative estimate of drug-likeness (QED) is 0.913. The second-order valence-electron chi connectivity index (χ2n) is 5.19. The van der Waals surface area contributed by atoms with Gasteiger partial charge in [-0.15, -0.1) is 10.2 Å². The molecule has 0 spiro atoms. The fourth-order valence-corrected chi connectivity index (χ4v) is 2.97. The smallest absolute Gasteiger partial charge is 0.335 e. The average Bonchev–Trinajstić information content (AvgIpc) is 3.05. The summed E-state index contributed by atoms with van der Waals surface area (Å²) in [5, 5.41) is 17.3. The van der Waals surface area contributed by atoms with Crippen LogP contribution in [0.3, 0.4) is 0 Å². The lowest BCUT2D eigenvalue weighted by molar-refractivity contribution is 0.0697. The van der Waals surface area contributed by atoms with Gasteiger partial charge in [-0.05, 0) is 38.1 Å². The molecular weight excluding hydrogens is 256 g/mol. The third-order valence-electron chi connectivity index (χ3n) is 4.05. The van der Waals surface area contributed by atoms with Crippen molar-refractivity contribution in [3.8, 4) is 0 Å². The van der Waals surface area contributed by atoms with Crippen LogP contribution in [0.25, 0.3) is 5.65 Å². The van der Waals surface area contributed by atoms with E-state index in [0.29, 0.717) is 11.7 Å². The minimum Gasteiger partial charge on any atom is -0.478 e. The highest BCUT2D eigenvalue weighted by molar-refractivity contribution is 5.88. The van der Waals surface area contributed by atoms with E-state index in [1.807, 2.05) is 4.40 Å². The molecule has 1 fully saturated rings. The van der Waals surface area contributed by atoms with Gasteiger partial charge >= 0.3 is 5.97 Å². The first-order valence-electron chi connectivity index (χ1n) is 7.00. The Balaban J connectivity index is 1.87. The standard InChI is InChI=1S/C14H18N4O2/c1-2-17-6-3-4-11(17)9-13-16-15-12-8-10(14(19)20)5-7-18(12)13/h5,7-8,11H,2-4,6,9H2,1H3,(H,19,20). The van der Waals surface area contributed by atoms with Crippen LogP contribution in [0, 0.1) is 0 Å². The molecule has 0 aliphatic carbocycles. The number of likely N-dealkylation sites (N-methyl/N-ethyl adjacent to an activating group) is 1. The van der Waals surface area contributed by atoms with Crippen LogP contribution in [-0.4, -0.2) is 49.7 Å². The van der Waals surface area contributed by atoms with Crippen LogP contribution < -0.4 is 0 Å². The van der Waals surface area contributed by atoms with Crippen molar-refractivity contribution in [2.75, 3.05) is 13.1 Å². The maximum absolute atomic E-state index is 10.9. The Morgan fingerprint density at radius 3 is 3.10 bits per heavy atom. The second-order valence-corrected chi connectivity index (χ2v) is 5.19. The molecule has 1 atom stereocenters. The Labute approximate surface area is 117 Å². The van der Waals surface area contributed by atoms with E-state index < -0.39 is 5.97 Å². The molecule has 2 aromatic heterocycles. The number of aromatic carboxylic acids is 1. The number of likely N-dealkylation sites (tertiary alicyclic amines) is 1. The fourth-order valence-electron chi connectivity index (χ4n) is 2.97. The summed E-state index contributed by atoms with van der Waals surface area (Å²) < 4.78 is 1.89. The lowest BCUT2D eigenvalue weighted by atomic mass is 10.1. The van der Waals surface area contributed by atoms with E-state index in [4.69, 9.17) is 5.11 Å². The molecule has 6 heteroatoms. The topological polar surface area (TPSA) is 70.7 Å². The number of carboxylic acids is 1. The fraction of sp³-hybridized carbons (Fsp3) is 0.500. The van der Waals surface area contributed by atoms with Gasteiger partial charge in [0.15, 0.2) is 5.65 Å². The predicted molar refractivity (Wildman–Crippen MR) is 73.9 cm³/mol. The summed E-state index contributed by atoms with van der Waals surface area (Å²) in [5.41, 5.74) is 0.841. The Bertz CT molecular complexity index is 637. The van der Waals surface area contributed by atoms with Crippen LogP contribution in [0.2, 0.25) is 0 Å². The Morgan fingerprint density at radius 2 is 2.35 bits per heavy atom. The maximum Gasteiger partial charge on any atom is 0.335 e. The third-order valence-corrected chi connectivity index (χ3v) is 4.05. The van der Waals surface area contributed by atoms with Gasteiger partial charge in [0, 0.05) is 18.7 Å². The van der Waals surface area contributed by atoms with Gasteiger partial charge in [0.25, 0.3) is 0 Å². The van der Waals surface area contributed by atoms with Crippen LogP contribution in [0.1, 0.15) is 35.9 Å². The summed E-state index contributed by atoms with van der Waals surface area (Å²) in [6.07, 6.45) is 5.04.